The standard InChI is InChI=1S/C9H12O2/c1-6-3-4-7(2)8(5-6)9(10)11/h4-6H,3H2,1-2H3,(H,10,11). The number of carbonyl (C=O) groups is 1. The quantitative estimate of drug-likeness (QED) is 0.623. The number of hydrogen-bond donors (Lipinski definition) is 1. The predicted molar refractivity (Wildman–Crippen MR) is 43.3 cm³/mol. The third-order valence-electron chi connectivity index (χ3n) is 1.90. The van der Waals surface area contributed by atoms with E-state index in [0.717, 1.165) is 12.0 Å². The second-order valence-electron chi connectivity index (χ2n) is 2.99. The topological polar surface area (TPSA) is 37.3 Å². The summed E-state index contributed by atoms with van der Waals surface area (Å²) in [6, 6.07) is 0. The van der Waals surface area contributed by atoms with E-state index >= 15 is 0 Å². The second-order valence-corrected chi connectivity index (χ2v) is 2.99. The van der Waals surface area contributed by atoms with Gasteiger partial charge in [-0.05, 0) is 24.8 Å². The minimum Gasteiger partial charge on any atom is -0.478 e. The molecule has 0 amide bonds. The normalized spacial score (nSPS) is 24.0. The average molecular weight is 152 g/mol. The van der Waals surface area contributed by atoms with Crippen LogP contribution in [-0.4, -0.2) is 11.1 Å². The van der Waals surface area contributed by atoms with E-state index in [1.807, 2.05) is 26.0 Å². The van der Waals surface area contributed by atoms with E-state index in [4.69, 9.17) is 5.11 Å². The highest BCUT2D eigenvalue weighted by atomic mass is 16.4. The van der Waals surface area contributed by atoms with Crippen LogP contribution in [0.3, 0.4) is 0 Å². The molecule has 0 radical (unpaired) electrons. The first kappa shape index (κ1) is 8.05. The molecule has 1 rings (SSSR count). The highest BCUT2D eigenvalue weighted by Gasteiger charge is 2.14. The molecule has 2 nitrogen and oxygen atoms in total. The molecule has 0 fully saturated rings. The van der Waals surface area contributed by atoms with Gasteiger partial charge < -0.3 is 5.11 Å². The van der Waals surface area contributed by atoms with Crippen LogP contribution in [0, 0.1) is 5.92 Å². The summed E-state index contributed by atoms with van der Waals surface area (Å²) >= 11 is 0. The highest BCUT2D eigenvalue weighted by Crippen LogP contribution is 2.21. The number of carboxylic acids is 1. The van der Waals surface area contributed by atoms with Gasteiger partial charge in [0.15, 0.2) is 0 Å². The van der Waals surface area contributed by atoms with Crippen LogP contribution in [0.1, 0.15) is 20.3 Å². The molecule has 0 aliphatic heterocycles. The average Bonchev–Trinajstić information content (AvgIpc) is 1.94. The number of allylic oxidation sites excluding steroid dienone is 2. The zero-order chi connectivity index (χ0) is 8.43. The second kappa shape index (κ2) is 2.91. The molecular weight excluding hydrogens is 140 g/mol. The Balaban J connectivity index is 2.90. The summed E-state index contributed by atoms with van der Waals surface area (Å²) in [6.45, 7) is 3.86. The first-order valence-electron chi connectivity index (χ1n) is 3.73. The van der Waals surface area contributed by atoms with Gasteiger partial charge in [0.2, 0.25) is 0 Å². The Bertz CT molecular complexity index is 236. The van der Waals surface area contributed by atoms with Gasteiger partial charge in [-0.15, -0.1) is 0 Å². The van der Waals surface area contributed by atoms with Crippen molar-refractivity contribution in [2.45, 2.75) is 20.3 Å². The van der Waals surface area contributed by atoms with E-state index in [9.17, 15) is 4.79 Å². The lowest BCUT2D eigenvalue weighted by molar-refractivity contribution is -0.132. The summed E-state index contributed by atoms with van der Waals surface area (Å²) in [5.41, 5.74) is 1.35. The summed E-state index contributed by atoms with van der Waals surface area (Å²) in [5, 5.41) is 8.72. The zero-order valence-corrected chi connectivity index (χ0v) is 6.79. The van der Waals surface area contributed by atoms with Crippen molar-refractivity contribution in [3.8, 4) is 0 Å². The Kier molecular flexibility index (Phi) is 2.13. The van der Waals surface area contributed by atoms with Crippen molar-refractivity contribution in [2.24, 2.45) is 5.92 Å². The van der Waals surface area contributed by atoms with Crippen LogP contribution in [0.2, 0.25) is 0 Å². The molecule has 60 valence electrons. The summed E-state index contributed by atoms with van der Waals surface area (Å²) < 4.78 is 0. The maximum absolute atomic E-state index is 10.6. The number of hydrogen-bond acceptors (Lipinski definition) is 1. The number of aliphatic carboxylic acids is 1. The molecule has 0 saturated heterocycles. The van der Waals surface area contributed by atoms with Crippen molar-refractivity contribution in [3.05, 3.63) is 23.3 Å². The third-order valence-corrected chi connectivity index (χ3v) is 1.90. The van der Waals surface area contributed by atoms with Crippen LogP contribution in [-0.2, 0) is 4.79 Å². The van der Waals surface area contributed by atoms with Crippen molar-refractivity contribution in [1.82, 2.24) is 0 Å². The SMILES string of the molecule is CC1=CCC(C)C=C1C(=O)O. The van der Waals surface area contributed by atoms with Crippen molar-refractivity contribution >= 4 is 5.97 Å². The van der Waals surface area contributed by atoms with Gasteiger partial charge in [0.1, 0.15) is 0 Å². The Morgan fingerprint density at radius 1 is 1.73 bits per heavy atom. The number of carboxylic acid groups (broad SMARTS) is 1. The molecule has 0 heterocycles. The van der Waals surface area contributed by atoms with Gasteiger partial charge in [-0.3, -0.25) is 0 Å². The van der Waals surface area contributed by atoms with E-state index in [1.165, 1.54) is 0 Å². The van der Waals surface area contributed by atoms with Gasteiger partial charge in [0.05, 0.1) is 5.57 Å². The molecule has 0 saturated carbocycles. The Hall–Kier alpha value is -1.05. The summed E-state index contributed by atoms with van der Waals surface area (Å²) in [5.74, 6) is -0.449. The van der Waals surface area contributed by atoms with E-state index in [1.54, 1.807) is 0 Å². The van der Waals surface area contributed by atoms with Crippen LogP contribution >= 0.6 is 0 Å². The Labute approximate surface area is 66.2 Å². The van der Waals surface area contributed by atoms with Crippen LogP contribution in [0.15, 0.2) is 23.3 Å². The molecule has 0 spiro atoms. The van der Waals surface area contributed by atoms with E-state index in [2.05, 4.69) is 0 Å². The van der Waals surface area contributed by atoms with Gasteiger partial charge in [0, 0.05) is 0 Å². The molecule has 2 heteroatoms. The predicted octanol–water partition coefficient (Wildman–Crippen LogP) is 1.98. The fraction of sp³-hybridized carbons (Fsp3) is 0.444. The number of rotatable bonds is 1. The first-order valence-corrected chi connectivity index (χ1v) is 3.73. The van der Waals surface area contributed by atoms with Gasteiger partial charge in [-0.1, -0.05) is 19.1 Å². The first-order chi connectivity index (χ1) is 5.11. The lowest BCUT2D eigenvalue weighted by Crippen LogP contribution is -2.08. The molecule has 0 aromatic heterocycles. The van der Waals surface area contributed by atoms with Gasteiger partial charge in [0.25, 0.3) is 0 Å². The van der Waals surface area contributed by atoms with E-state index < -0.39 is 5.97 Å². The third kappa shape index (κ3) is 1.70. The minimum atomic E-state index is -0.815. The van der Waals surface area contributed by atoms with E-state index in [-0.39, 0.29) is 0 Å². The van der Waals surface area contributed by atoms with Gasteiger partial charge in [-0.25, -0.2) is 4.79 Å². The summed E-state index contributed by atoms with van der Waals surface area (Å²) in [7, 11) is 0. The Morgan fingerprint density at radius 2 is 2.36 bits per heavy atom. The smallest absolute Gasteiger partial charge is 0.335 e. The molecule has 1 aliphatic carbocycles. The molecule has 0 aromatic carbocycles. The zero-order valence-electron chi connectivity index (χ0n) is 6.79. The molecule has 1 unspecified atom stereocenters. The minimum absolute atomic E-state index is 0.366. The maximum atomic E-state index is 10.6. The van der Waals surface area contributed by atoms with Crippen molar-refractivity contribution < 1.29 is 9.90 Å². The van der Waals surface area contributed by atoms with Crippen molar-refractivity contribution in [1.29, 1.82) is 0 Å². The van der Waals surface area contributed by atoms with Crippen LogP contribution in [0.25, 0.3) is 0 Å². The monoisotopic (exact) mass is 152 g/mol. The van der Waals surface area contributed by atoms with Gasteiger partial charge in [-0.2, -0.15) is 0 Å². The fourth-order valence-electron chi connectivity index (χ4n) is 1.20. The molecule has 1 aliphatic rings. The largest absolute Gasteiger partial charge is 0.478 e. The molecule has 1 atom stereocenters. The fourth-order valence-corrected chi connectivity index (χ4v) is 1.20. The van der Waals surface area contributed by atoms with Crippen molar-refractivity contribution in [2.75, 3.05) is 0 Å². The van der Waals surface area contributed by atoms with E-state index in [0.29, 0.717) is 11.5 Å². The molecular formula is C9H12O2. The Morgan fingerprint density at radius 3 is 2.82 bits per heavy atom. The molecule has 11 heavy (non-hydrogen) atoms. The lowest BCUT2D eigenvalue weighted by atomic mass is 9.93. The van der Waals surface area contributed by atoms with Crippen molar-refractivity contribution in [3.63, 3.8) is 0 Å². The lowest BCUT2D eigenvalue weighted by Gasteiger charge is -2.13. The molecule has 1 N–H and O–H groups in total. The van der Waals surface area contributed by atoms with Crippen LogP contribution < -0.4 is 0 Å². The van der Waals surface area contributed by atoms with Crippen LogP contribution in [0.5, 0.6) is 0 Å². The van der Waals surface area contributed by atoms with Crippen LogP contribution in [0.4, 0.5) is 0 Å². The summed E-state index contributed by atoms with van der Waals surface area (Å²) in [4.78, 5) is 10.6. The highest BCUT2D eigenvalue weighted by molar-refractivity contribution is 5.91. The maximum Gasteiger partial charge on any atom is 0.335 e. The van der Waals surface area contributed by atoms with Gasteiger partial charge >= 0.3 is 5.97 Å². The molecule has 0 aromatic rings. The summed E-state index contributed by atoms with van der Waals surface area (Å²) in [6.07, 6.45) is 4.76. The molecule has 0 bridgehead atoms.